The summed E-state index contributed by atoms with van der Waals surface area (Å²) in [5.74, 6) is -4.64. The molecule has 2 aliphatic rings. The molecular formula is C22H19ClF2N2O5S. The van der Waals surface area contributed by atoms with Crippen molar-refractivity contribution in [1.29, 1.82) is 5.26 Å². The first-order valence-corrected chi connectivity index (χ1v) is 12.1. The largest absolute Gasteiger partial charge is 0.482 e. The second-order valence-electron chi connectivity index (χ2n) is 8.14. The zero-order valence-electron chi connectivity index (χ0n) is 17.1. The molecule has 0 amide bonds. The number of carbonyl (C=O) groups is 1. The van der Waals surface area contributed by atoms with E-state index in [0.717, 1.165) is 31.0 Å². The number of benzene rings is 2. The molecule has 0 radical (unpaired) electrons. The summed E-state index contributed by atoms with van der Waals surface area (Å²) in [7, 11) is -4.36. The summed E-state index contributed by atoms with van der Waals surface area (Å²) in [6.07, 6.45) is 0.0232. The third-order valence-corrected chi connectivity index (χ3v) is 7.45. The van der Waals surface area contributed by atoms with E-state index in [4.69, 9.17) is 16.3 Å². The molecule has 0 saturated heterocycles. The predicted molar refractivity (Wildman–Crippen MR) is 116 cm³/mol. The molecule has 2 aromatic carbocycles. The van der Waals surface area contributed by atoms with Gasteiger partial charge in [-0.3, -0.25) is 4.72 Å². The number of hydrogen-bond acceptors (Lipinski definition) is 5. The van der Waals surface area contributed by atoms with Gasteiger partial charge in [0.15, 0.2) is 6.10 Å². The number of hydrogen-bond donors (Lipinski definition) is 2. The number of sulfonamides is 1. The average molecular weight is 497 g/mol. The van der Waals surface area contributed by atoms with Crippen molar-refractivity contribution in [2.75, 3.05) is 4.72 Å². The summed E-state index contributed by atoms with van der Waals surface area (Å²) in [5.41, 5.74) is -0.0647. The second kappa shape index (κ2) is 8.47. The Balaban J connectivity index is 1.76. The normalized spacial score (nSPS) is 19.6. The third-order valence-electron chi connectivity index (χ3n) is 5.72. The lowest BCUT2D eigenvalue weighted by Gasteiger charge is -2.23. The first kappa shape index (κ1) is 23.3. The highest BCUT2D eigenvalue weighted by molar-refractivity contribution is 7.92. The van der Waals surface area contributed by atoms with E-state index in [1.54, 1.807) is 0 Å². The summed E-state index contributed by atoms with van der Waals surface area (Å²) in [6.45, 7) is 0. The van der Waals surface area contributed by atoms with Crippen LogP contribution in [0.15, 0.2) is 35.2 Å². The van der Waals surface area contributed by atoms with Crippen LogP contribution in [0.2, 0.25) is 5.02 Å². The highest BCUT2D eigenvalue weighted by Gasteiger charge is 2.46. The molecule has 0 heterocycles. The first-order valence-electron chi connectivity index (χ1n) is 10.2. The summed E-state index contributed by atoms with van der Waals surface area (Å²) >= 11 is 6.04. The van der Waals surface area contributed by atoms with Gasteiger partial charge in [-0.2, -0.15) is 5.26 Å². The van der Waals surface area contributed by atoms with Crippen LogP contribution in [0, 0.1) is 11.3 Å². The van der Waals surface area contributed by atoms with Crippen molar-refractivity contribution in [1.82, 2.24) is 0 Å². The molecule has 0 bridgehead atoms. The average Bonchev–Trinajstić information content (AvgIpc) is 3.54. The first-order chi connectivity index (χ1) is 15.5. The maximum absolute atomic E-state index is 14.1. The Morgan fingerprint density at radius 3 is 2.55 bits per heavy atom. The van der Waals surface area contributed by atoms with E-state index in [1.807, 2.05) is 6.07 Å². The molecule has 33 heavy (non-hydrogen) atoms. The highest BCUT2D eigenvalue weighted by atomic mass is 35.5. The number of nitrogens with zero attached hydrogens (tertiary/aromatic N) is 1. The Kier molecular flexibility index (Phi) is 5.97. The molecule has 0 aliphatic heterocycles. The van der Waals surface area contributed by atoms with Gasteiger partial charge in [-0.25, -0.2) is 22.0 Å². The number of carboxylic acid groups (broad SMARTS) is 1. The fourth-order valence-corrected chi connectivity index (χ4v) is 5.43. The number of carboxylic acids is 1. The van der Waals surface area contributed by atoms with Crippen LogP contribution in [0.3, 0.4) is 0 Å². The van der Waals surface area contributed by atoms with E-state index in [2.05, 4.69) is 4.72 Å². The quantitative estimate of drug-likeness (QED) is 0.547. The zero-order chi connectivity index (χ0) is 24.0. The van der Waals surface area contributed by atoms with E-state index < -0.39 is 28.0 Å². The number of rotatable bonds is 7. The van der Waals surface area contributed by atoms with Gasteiger partial charge in [0.2, 0.25) is 0 Å². The van der Waals surface area contributed by atoms with E-state index in [0.29, 0.717) is 5.56 Å². The lowest BCUT2D eigenvalue weighted by molar-refractivity contribution is -0.0733. The van der Waals surface area contributed by atoms with Crippen molar-refractivity contribution in [2.45, 2.75) is 54.9 Å². The van der Waals surface area contributed by atoms with Crippen LogP contribution in [0.25, 0.3) is 0 Å². The fourth-order valence-electron chi connectivity index (χ4n) is 3.84. The molecule has 174 valence electrons. The standard InChI is InChI=1S/C22H19ClF2N2O5S/c23-16-10-18(32-20-2-1-7-22(20,24)25)17(8-14(16)11-26)27-33(30,31)19-9-13(21(28)29)5-6-15(19)12-3-4-12/h5-6,8-10,12,20,27H,1-4,7H2,(H,28,29). The van der Waals surface area contributed by atoms with Crippen LogP contribution in [0.4, 0.5) is 14.5 Å². The monoisotopic (exact) mass is 496 g/mol. The van der Waals surface area contributed by atoms with Crippen molar-refractivity contribution in [3.63, 3.8) is 0 Å². The van der Waals surface area contributed by atoms with Crippen molar-refractivity contribution < 1.29 is 31.8 Å². The Labute approximate surface area is 194 Å². The van der Waals surface area contributed by atoms with Gasteiger partial charge in [0.05, 0.1) is 26.7 Å². The molecule has 2 fully saturated rings. The number of aromatic carboxylic acids is 1. The summed E-state index contributed by atoms with van der Waals surface area (Å²) in [5, 5.41) is 18.5. The minimum absolute atomic E-state index is 0.0211. The van der Waals surface area contributed by atoms with Crippen molar-refractivity contribution in [3.8, 4) is 11.8 Å². The van der Waals surface area contributed by atoms with Crippen LogP contribution >= 0.6 is 11.6 Å². The topological polar surface area (TPSA) is 116 Å². The molecule has 7 nitrogen and oxygen atoms in total. The SMILES string of the molecule is N#Cc1cc(NS(=O)(=O)c2cc(C(=O)O)ccc2C2CC2)c(OC2CCCC2(F)F)cc1Cl. The third kappa shape index (κ3) is 4.75. The van der Waals surface area contributed by atoms with Gasteiger partial charge in [0.1, 0.15) is 11.8 Å². The highest BCUT2D eigenvalue weighted by Crippen LogP contribution is 2.44. The molecular weight excluding hydrogens is 478 g/mol. The van der Waals surface area contributed by atoms with Gasteiger partial charge in [-0.15, -0.1) is 0 Å². The van der Waals surface area contributed by atoms with Crippen molar-refractivity contribution in [3.05, 3.63) is 52.0 Å². The molecule has 0 aromatic heterocycles. The molecule has 4 rings (SSSR count). The van der Waals surface area contributed by atoms with Crippen molar-refractivity contribution in [2.24, 2.45) is 0 Å². The Morgan fingerprint density at radius 1 is 1.24 bits per heavy atom. The molecule has 2 saturated carbocycles. The lowest BCUT2D eigenvalue weighted by atomic mass is 10.1. The van der Waals surface area contributed by atoms with Gasteiger partial charge in [0, 0.05) is 12.5 Å². The van der Waals surface area contributed by atoms with Crippen molar-refractivity contribution >= 4 is 33.3 Å². The van der Waals surface area contributed by atoms with E-state index in [-0.39, 0.29) is 57.7 Å². The number of halogens is 3. The molecule has 1 unspecified atom stereocenters. The Bertz CT molecular complexity index is 1270. The molecule has 2 aliphatic carbocycles. The van der Waals surface area contributed by atoms with Gasteiger partial charge < -0.3 is 9.84 Å². The summed E-state index contributed by atoms with van der Waals surface area (Å²) < 4.78 is 62.7. The van der Waals surface area contributed by atoms with E-state index in [9.17, 15) is 32.4 Å². The second-order valence-corrected chi connectivity index (χ2v) is 10.2. The summed E-state index contributed by atoms with van der Waals surface area (Å²) in [6, 6.07) is 7.91. The Morgan fingerprint density at radius 2 is 1.97 bits per heavy atom. The van der Waals surface area contributed by atoms with Gasteiger partial charge in [-0.1, -0.05) is 17.7 Å². The zero-order valence-corrected chi connectivity index (χ0v) is 18.7. The maximum Gasteiger partial charge on any atom is 0.335 e. The van der Waals surface area contributed by atoms with Gasteiger partial charge >= 0.3 is 5.97 Å². The molecule has 11 heteroatoms. The minimum Gasteiger partial charge on any atom is -0.482 e. The smallest absolute Gasteiger partial charge is 0.335 e. The predicted octanol–water partition coefficient (Wildman–Crippen LogP) is 5.15. The lowest BCUT2D eigenvalue weighted by Crippen LogP contribution is -2.32. The number of nitriles is 1. The number of alkyl halides is 2. The van der Waals surface area contributed by atoms with E-state index >= 15 is 0 Å². The minimum atomic E-state index is -4.36. The van der Waals surface area contributed by atoms with Gasteiger partial charge in [0.25, 0.3) is 15.9 Å². The molecule has 2 aromatic rings. The maximum atomic E-state index is 14.1. The van der Waals surface area contributed by atoms with Crippen LogP contribution in [-0.2, 0) is 10.0 Å². The number of ether oxygens (including phenoxy) is 1. The fraction of sp³-hybridized carbons (Fsp3) is 0.364. The van der Waals surface area contributed by atoms with Crippen LogP contribution in [0.5, 0.6) is 5.75 Å². The van der Waals surface area contributed by atoms with Crippen LogP contribution < -0.4 is 9.46 Å². The summed E-state index contributed by atoms with van der Waals surface area (Å²) in [4.78, 5) is 11.2. The van der Waals surface area contributed by atoms with Crippen LogP contribution in [-0.4, -0.2) is 31.5 Å². The Hall–Kier alpha value is -2.90. The molecule has 2 N–H and O–H groups in total. The number of nitrogens with one attached hydrogen (secondary N) is 1. The molecule has 1 atom stereocenters. The number of anilines is 1. The van der Waals surface area contributed by atoms with Gasteiger partial charge in [-0.05, 0) is 55.4 Å². The molecule has 0 spiro atoms. The van der Waals surface area contributed by atoms with Crippen LogP contribution in [0.1, 0.15) is 59.5 Å². The van der Waals surface area contributed by atoms with E-state index in [1.165, 1.54) is 12.1 Å².